The Morgan fingerprint density at radius 1 is 1.18 bits per heavy atom. The van der Waals surface area contributed by atoms with Crippen LogP contribution in [0.3, 0.4) is 0 Å². The normalized spacial score (nSPS) is 11.7. The number of unbranched alkanes of at least 4 members (excludes halogenated alkanes) is 1. The van der Waals surface area contributed by atoms with E-state index in [9.17, 15) is 4.79 Å². The van der Waals surface area contributed by atoms with Crippen LogP contribution in [0.25, 0.3) is 0 Å². The molecular weight excluding hydrogens is 274 g/mol. The fourth-order valence-corrected chi connectivity index (χ4v) is 2.21. The summed E-state index contributed by atoms with van der Waals surface area (Å²) in [5, 5.41) is 5.73. The van der Waals surface area contributed by atoms with Gasteiger partial charge < -0.3 is 10.6 Å². The van der Waals surface area contributed by atoms with Crippen LogP contribution in [0.2, 0.25) is 0 Å². The number of aromatic nitrogens is 1. The van der Waals surface area contributed by atoms with Crippen LogP contribution in [0.5, 0.6) is 0 Å². The summed E-state index contributed by atoms with van der Waals surface area (Å²) in [5.74, 6) is 0. The van der Waals surface area contributed by atoms with Gasteiger partial charge in [-0.1, -0.05) is 31.5 Å². The van der Waals surface area contributed by atoms with Gasteiger partial charge in [0.15, 0.2) is 0 Å². The van der Waals surface area contributed by atoms with Crippen molar-refractivity contribution in [2.24, 2.45) is 0 Å². The number of urea groups is 1. The molecule has 22 heavy (non-hydrogen) atoms. The molecule has 4 nitrogen and oxygen atoms in total. The van der Waals surface area contributed by atoms with Gasteiger partial charge in [0.05, 0.1) is 11.7 Å². The van der Waals surface area contributed by atoms with Crippen molar-refractivity contribution in [2.45, 2.75) is 39.2 Å². The lowest BCUT2D eigenvalue weighted by molar-refractivity contribution is 0.249. The minimum absolute atomic E-state index is 0.134. The summed E-state index contributed by atoms with van der Waals surface area (Å²) in [6.07, 6.45) is 5.18. The highest BCUT2D eigenvalue weighted by atomic mass is 16.2. The maximum Gasteiger partial charge on any atom is 0.319 e. The number of pyridine rings is 1. The summed E-state index contributed by atoms with van der Waals surface area (Å²) < 4.78 is 0. The Morgan fingerprint density at radius 3 is 2.59 bits per heavy atom. The fourth-order valence-electron chi connectivity index (χ4n) is 2.21. The van der Waals surface area contributed by atoms with Crippen molar-refractivity contribution in [3.05, 3.63) is 59.9 Å². The number of nitrogens with zero attached hydrogens (tertiary/aromatic N) is 1. The van der Waals surface area contributed by atoms with Gasteiger partial charge in [0, 0.05) is 11.9 Å². The standard InChI is InChI=1S/C18H23N3O/c1-3-4-7-15-9-11-16(12-10-15)21-18(22)20-14(2)17-8-5-6-13-19-17/h5-6,8-14H,3-4,7H2,1-2H3,(H2,20,21,22)/t14-/m1/s1. The first kappa shape index (κ1) is 16.0. The highest BCUT2D eigenvalue weighted by molar-refractivity contribution is 5.89. The Kier molecular flexibility index (Phi) is 5.95. The molecule has 0 unspecified atom stereocenters. The topological polar surface area (TPSA) is 54.0 Å². The Hall–Kier alpha value is -2.36. The van der Waals surface area contributed by atoms with Crippen LogP contribution in [0, 0.1) is 0 Å². The zero-order chi connectivity index (χ0) is 15.8. The zero-order valence-electron chi connectivity index (χ0n) is 13.2. The van der Waals surface area contributed by atoms with Gasteiger partial charge in [0.1, 0.15) is 0 Å². The molecule has 1 aromatic heterocycles. The van der Waals surface area contributed by atoms with Gasteiger partial charge in [0.25, 0.3) is 0 Å². The van der Waals surface area contributed by atoms with Crippen LogP contribution in [0.1, 0.15) is 44.0 Å². The molecule has 0 fully saturated rings. The third-order valence-corrected chi connectivity index (χ3v) is 3.51. The quantitative estimate of drug-likeness (QED) is 0.835. The number of carbonyl (C=O) groups excluding carboxylic acids is 1. The Labute approximate surface area is 132 Å². The average molecular weight is 297 g/mol. The van der Waals surface area contributed by atoms with Crippen LogP contribution in [-0.2, 0) is 6.42 Å². The van der Waals surface area contributed by atoms with Crippen molar-refractivity contribution in [1.29, 1.82) is 0 Å². The van der Waals surface area contributed by atoms with Gasteiger partial charge in [-0.3, -0.25) is 4.98 Å². The first-order valence-electron chi connectivity index (χ1n) is 7.76. The van der Waals surface area contributed by atoms with E-state index in [1.54, 1.807) is 6.20 Å². The Balaban J connectivity index is 1.86. The molecular formula is C18H23N3O. The molecule has 2 rings (SSSR count). The third-order valence-electron chi connectivity index (χ3n) is 3.51. The summed E-state index contributed by atoms with van der Waals surface area (Å²) >= 11 is 0. The van der Waals surface area contributed by atoms with Crippen LogP contribution >= 0.6 is 0 Å². The number of carbonyl (C=O) groups is 1. The molecule has 2 amide bonds. The van der Waals surface area contributed by atoms with E-state index in [-0.39, 0.29) is 12.1 Å². The summed E-state index contributed by atoms with van der Waals surface area (Å²) in [6, 6.07) is 13.3. The molecule has 1 aromatic carbocycles. The molecule has 2 aromatic rings. The molecule has 0 bridgehead atoms. The van der Waals surface area contributed by atoms with Gasteiger partial charge in [-0.25, -0.2) is 4.79 Å². The first-order valence-corrected chi connectivity index (χ1v) is 7.76. The second-order valence-electron chi connectivity index (χ2n) is 5.38. The molecule has 1 atom stereocenters. The number of aryl methyl sites for hydroxylation is 1. The predicted octanol–water partition coefficient (Wildman–Crippen LogP) is 4.31. The van der Waals surface area contributed by atoms with Crippen LogP contribution in [0.15, 0.2) is 48.7 Å². The second kappa shape index (κ2) is 8.17. The number of amides is 2. The molecule has 0 saturated carbocycles. The van der Waals surface area contributed by atoms with Gasteiger partial charge in [-0.05, 0) is 49.6 Å². The van der Waals surface area contributed by atoms with Gasteiger partial charge >= 0.3 is 6.03 Å². The molecule has 0 aliphatic heterocycles. The van der Waals surface area contributed by atoms with Crippen LogP contribution in [0.4, 0.5) is 10.5 Å². The number of benzene rings is 1. The van der Waals surface area contributed by atoms with E-state index in [1.165, 1.54) is 18.4 Å². The fraction of sp³-hybridized carbons (Fsp3) is 0.333. The Bertz CT molecular complexity index is 581. The summed E-state index contributed by atoms with van der Waals surface area (Å²) in [5.41, 5.74) is 2.94. The average Bonchev–Trinajstić information content (AvgIpc) is 2.55. The molecule has 1 heterocycles. The molecule has 0 aliphatic carbocycles. The van der Waals surface area contributed by atoms with Crippen molar-refractivity contribution in [3.8, 4) is 0 Å². The monoisotopic (exact) mass is 297 g/mol. The summed E-state index contributed by atoms with van der Waals surface area (Å²) in [6.45, 7) is 4.10. The summed E-state index contributed by atoms with van der Waals surface area (Å²) in [4.78, 5) is 16.2. The van der Waals surface area contributed by atoms with E-state index < -0.39 is 0 Å². The lowest BCUT2D eigenvalue weighted by Crippen LogP contribution is -2.31. The summed E-state index contributed by atoms with van der Waals surface area (Å²) in [7, 11) is 0. The number of rotatable bonds is 6. The van der Waals surface area contributed by atoms with Crippen molar-refractivity contribution in [3.63, 3.8) is 0 Å². The van der Waals surface area contributed by atoms with Crippen LogP contribution in [-0.4, -0.2) is 11.0 Å². The Morgan fingerprint density at radius 2 is 1.95 bits per heavy atom. The number of anilines is 1. The predicted molar refractivity (Wildman–Crippen MR) is 89.9 cm³/mol. The highest BCUT2D eigenvalue weighted by Gasteiger charge is 2.10. The largest absolute Gasteiger partial charge is 0.330 e. The second-order valence-corrected chi connectivity index (χ2v) is 5.38. The number of hydrogen-bond donors (Lipinski definition) is 2. The molecule has 0 aliphatic rings. The maximum atomic E-state index is 12.0. The van der Waals surface area contributed by atoms with Gasteiger partial charge in [-0.2, -0.15) is 0 Å². The molecule has 2 N–H and O–H groups in total. The van der Waals surface area contributed by atoms with Gasteiger partial charge in [0.2, 0.25) is 0 Å². The van der Waals surface area contributed by atoms with Crippen molar-refractivity contribution < 1.29 is 4.79 Å². The van der Waals surface area contributed by atoms with E-state index in [0.29, 0.717) is 0 Å². The first-order chi connectivity index (χ1) is 10.7. The van der Waals surface area contributed by atoms with Gasteiger partial charge in [-0.15, -0.1) is 0 Å². The molecule has 4 heteroatoms. The van der Waals surface area contributed by atoms with E-state index in [0.717, 1.165) is 17.8 Å². The van der Waals surface area contributed by atoms with Crippen LogP contribution < -0.4 is 10.6 Å². The van der Waals surface area contributed by atoms with E-state index >= 15 is 0 Å². The SMILES string of the molecule is CCCCc1ccc(NC(=O)N[C@H](C)c2ccccn2)cc1. The molecule has 0 spiro atoms. The minimum atomic E-state index is -0.223. The van der Waals surface area contributed by atoms with E-state index in [4.69, 9.17) is 0 Å². The molecule has 116 valence electrons. The van der Waals surface area contributed by atoms with E-state index in [2.05, 4.69) is 34.7 Å². The van der Waals surface area contributed by atoms with Crippen molar-refractivity contribution in [1.82, 2.24) is 10.3 Å². The lowest BCUT2D eigenvalue weighted by atomic mass is 10.1. The third kappa shape index (κ3) is 4.88. The number of nitrogens with one attached hydrogen (secondary N) is 2. The van der Waals surface area contributed by atoms with Crippen molar-refractivity contribution >= 4 is 11.7 Å². The lowest BCUT2D eigenvalue weighted by Gasteiger charge is -2.14. The van der Waals surface area contributed by atoms with Crippen molar-refractivity contribution in [2.75, 3.05) is 5.32 Å². The molecule has 0 saturated heterocycles. The highest BCUT2D eigenvalue weighted by Crippen LogP contribution is 2.13. The zero-order valence-corrected chi connectivity index (χ0v) is 13.2. The smallest absolute Gasteiger partial charge is 0.319 e. The minimum Gasteiger partial charge on any atom is -0.330 e. The van der Waals surface area contributed by atoms with E-state index in [1.807, 2.05) is 37.3 Å². The maximum absolute atomic E-state index is 12.0. The molecule has 0 radical (unpaired) electrons. The number of hydrogen-bond acceptors (Lipinski definition) is 2.